The molecule has 0 radical (unpaired) electrons. The van der Waals surface area contributed by atoms with Crippen molar-refractivity contribution in [1.29, 1.82) is 0 Å². The van der Waals surface area contributed by atoms with Crippen molar-refractivity contribution >= 4 is 11.9 Å². The van der Waals surface area contributed by atoms with E-state index < -0.39 is 81.7 Å². The Morgan fingerprint density at radius 2 is 1.56 bits per heavy atom. The van der Waals surface area contributed by atoms with Gasteiger partial charge in [-0.3, -0.25) is 9.59 Å². The molecule has 9 nitrogen and oxygen atoms in total. The zero-order valence-electron chi connectivity index (χ0n) is 20.9. The van der Waals surface area contributed by atoms with Crippen LogP contribution in [-0.4, -0.2) is 78.7 Å². The van der Waals surface area contributed by atoms with Crippen LogP contribution in [-0.2, 0) is 19.1 Å². The lowest BCUT2D eigenvalue weighted by molar-refractivity contribution is -0.233. The van der Waals surface area contributed by atoms with E-state index in [-0.39, 0.29) is 19.3 Å². The Hall–Kier alpha value is -1.26. The van der Waals surface area contributed by atoms with Crippen molar-refractivity contribution in [2.45, 2.75) is 115 Å². The van der Waals surface area contributed by atoms with Gasteiger partial charge in [0, 0.05) is 36.5 Å². The summed E-state index contributed by atoms with van der Waals surface area (Å²) in [4.78, 5) is 24.9. The van der Waals surface area contributed by atoms with E-state index in [1.54, 1.807) is 34.6 Å². The lowest BCUT2D eigenvalue weighted by Gasteiger charge is -2.53. The second-order valence-electron chi connectivity index (χ2n) is 12.2. The van der Waals surface area contributed by atoms with Gasteiger partial charge >= 0.3 is 11.9 Å². The van der Waals surface area contributed by atoms with Crippen LogP contribution in [0.5, 0.6) is 0 Å². The van der Waals surface area contributed by atoms with Crippen molar-refractivity contribution in [1.82, 2.24) is 0 Å². The third-order valence-corrected chi connectivity index (χ3v) is 10.1. The first-order valence-corrected chi connectivity index (χ1v) is 12.4. The fraction of sp³-hybridized carbons (Fsp3) is 0.920. The fourth-order valence-electron chi connectivity index (χ4n) is 8.47. The van der Waals surface area contributed by atoms with Crippen LogP contribution in [0.2, 0.25) is 0 Å². The molecule has 5 N–H and O–H groups in total. The van der Waals surface area contributed by atoms with Crippen LogP contribution < -0.4 is 0 Å². The molecule has 11 atom stereocenters. The standard InChI is InChI=1S/C25H40O9/c1-7-17(28)34-19-13-8-9-14-23(6,31)15-10-16(27)21(3,4)25(15,32)18(29)20(33-12(2)26)24(14,19)11-22(13,5)30/h13-16,18-20,27,29-32H,7-11H2,1-6H3/t13-,14+,15+,16+,18-,19-,20-,22-,23-,24-,25+/m1/s1. The van der Waals surface area contributed by atoms with Crippen molar-refractivity contribution in [3.63, 3.8) is 0 Å². The van der Waals surface area contributed by atoms with Gasteiger partial charge in [-0.25, -0.2) is 0 Å². The van der Waals surface area contributed by atoms with Crippen LogP contribution >= 0.6 is 0 Å². The maximum absolute atomic E-state index is 12.5. The maximum atomic E-state index is 12.5. The van der Waals surface area contributed by atoms with Crippen LogP contribution in [0.3, 0.4) is 0 Å². The molecule has 0 aliphatic heterocycles. The Bertz CT molecular complexity index is 866. The molecular weight excluding hydrogens is 444 g/mol. The molecule has 4 rings (SSSR count). The summed E-state index contributed by atoms with van der Waals surface area (Å²) in [6.07, 6.45) is -4.07. The monoisotopic (exact) mass is 484 g/mol. The first kappa shape index (κ1) is 25.8. The average Bonchev–Trinajstić information content (AvgIpc) is 2.97. The Kier molecular flexibility index (Phi) is 5.79. The topological polar surface area (TPSA) is 154 Å². The van der Waals surface area contributed by atoms with Gasteiger partial charge in [-0.05, 0) is 39.5 Å². The minimum Gasteiger partial charge on any atom is -0.461 e. The summed E-state index contributed by atoms with van der Waals surface area (Å²) in [6.45, 7) is 9.31. The molecule has 0 saturated heterocycles. The number of fused-ring (bicyclic) bond motifs is 2. The van der Waals surface area contributed by atoms with E-state index in [1.807, 2.05) is 0 Å². The maximum Gasteiger partial charge on any atom is 0.305 e. The molecule has 0 unspecified atom stereocenters. The molecule has 4 fully saturated rings. The smallest absolute Gasteiger partial charge is 0.305 e. The molecule has 2 bridgehead atoms. The van der Waals surface area contributed by atoms with Crippen LogP contribution in [0.1, 0.15) is 73.6 Å². The quantitative estimate of drug-likeness (QED) is 0.364. The summed E-state index contributed by atoms with van der Waals surface area (Å²) in [5.41, 5.74) is -7.57. The lowest BCUT2D eigenvalue weighted by Crippen LogP contribution is -2.64. The molecule has 9 heteroatoms. The van der Waals surface area contributed by atoms with E-state index >= 15 is 0 Å². The SMILES string of the molecule is CCC(=O)O[C@@H]1[C@H]2CC[C@H]3[C@@](C)(O)[C@@H]4C[C@H](O)C(C)(C)[C@@]4(O)[C@H](O)[C@@H](OC(C)=O)[C@@]13C[C@@]2(C)O. The molecule has 0 aromatic heterocycles. The van der Waals surface area contributed by atoms with Crippen molar-refractivity contribution < 1.29 is 44.6 Å². The van der Waals surface area contributed by atoms with Gasteiger partial charge in [-0.15, -0.1) is 0 Å². The van der Waals surface area contributed by atoms with Gasteiger partial charge in [0.05, 0.1) is 22.7 Å². The molecule has 0 amide bonds. The summed E-state index contributed by atoms with van der Waals surface area (Å²) in [6, 6.07) is 0. The highest BCUT2D eigenvalue weighted by Gasteiger charge is 2.80. The minimum absolute atomic E-state index is 0.00787. The van der Waals surface area contributed by atoms with Crippen molar-refractivity contribution in [3.05, 3.63) is 0 Å². The summed E-state index contributed by atoms with van der Waals surface area (Å²) in [5.74, 6) is -3.34. The van der Waals surface area contributed by atoms with Gasteiger partial charge in [0.15, 0.2) is 0 Å². The van der Waals surface area contributed by atoms with Gasteiger partial charge in [0.2, 0.25) is 0 Å². The number of carbonyl (C=O) groups is 2. The second kappa shape index (κ2) is 7.62. The molecule has 1 spiro atoms. The predicted molar refractivity (Wildman–Crippen MR) is 119 cm³/mol. The zero-order valence-corrected chi connectivity index (χ0v) is 20.9. The molecule has 0 aromatic carbocycles. The third-order valence-electron chi connectivity index (χ3n) is 10.1. The van der Waals surface area contributed by atoms with E-state index in [0.29, 0.717) is 12.8 Å². The molecule has 0 heterocycles. The van der Waals surface area contributed by atoms with Gasteiger partial charge in [0.25, 0.3) is 0 Å². The summed E-state index contributed by atoms with van der Waals surface area (Å²) < 4.78 is 11.7. The molecule has 34 heavy (non-hydrogen) atoms. The van der Waals surface area contributed by atoms with E-state index in [4.69, 9.17) is 9.47 Å². The van der Waals surface area contributed by atoms with Crippen LogP contribution in [0.25, 0.3) is 0 Å². The van der Waals surface area contributed by atoms with E-state index in [1.165, 1.54) is 6.92 Å². The molecule has 194 valence electrons. The highest BCUT2D eigenvalue weighted by Crippen LogP contribution is 2.71. The predicted octanol–water partition coefficient (Wildman–Crippen LogP) is 0.671. The van der Waals surface area contributed by atoms with Crippen LogP contribution in [0.15, 0.2) is 0 Å². The van der Waals surface area contributed by atoms with Gasteiger partial charge in [0.1, 0.15) is 23.9 Å². The molecule has 4 aliphatic rings. The Morgan fingerprint density at radius 3 is 2.12 bits per heavy atom. The highest BCUT2D eigenvalue weighted by molar-refractivity contribution is 5.69. The second-order valence-corrected chi connectivity index (χ2v) is 12.2. The van der Waals surface area contributed by atoms with Crippen molar-refractivity contribution in [3.8, 4) is 0 Å². The van der Waals surface area contributed by atoms with Gasteiger partial charge < -0.3 is 35.0 Å². The van der Waals surface area contributed by atoms with E-state index in [9.17, 15) is 35.1 Å². The highest BCUT2D eigenvalue weighted by atomic mass is 16.6. The average molecular weight is 485 g/mol. The summed E-state index contributed by atoms with van der Waals surface area (Å²) in [7, 11) is 0. The first-order chi connectivity index (χ1) is 15.5. The van der Waals surface area contributed by atoms with Gasteiger partial charge in [-0.1, -0.05) is 20.8 Å². The largest absolute Gasteiger partial charge is 0.461 e. The van der Waals surface area contributed by atoms with Crippen LogP contribution in [0.4, 0.5) is 0 Å². The Labute approximate surface area is 200 Å². The van der Waals surface area contributed by atoms with E-state index in [0.717, 1.165) is 0 Å². The third kappa shape index (κ3) is 3.03. The number of hydrogen-bond acceptors (Lipinski definition) is 9. The zero-order chi connectivity index (χ0) is 25.6. The molecule has 4 aliphatic carbocycles. The minimum atomic E-state index is -2.02. The Balaban J connectivity index is 2.01. The number of ether oxygens (including phenoxy) is 2. The van der Waals surface area contributed by atoms with Crippen molar-refractivity contribution in [2.75, 3.05) is 0 Å². The summed E-state index contributed by atoms with van der Waals surface area (Å²) in [5, 5.41) is 58.5. The fourth-order valence-corrected chi connectivity index (χ4v) is 8.47. The number of rotatable bonds is 3. The molecule has 4 saturated carbocycles. The number of aliphatic hydroxyl groups excluding tert-OH is 2. The normalized spacial score (nSPS) is 53.4. The van der Waals surface area contributed by atoms with Crippen molar-refractivity contribution in [2.24, 2.45) is 28.6 Å². The van der Waals surface area contributed by atoms with Crippen LogP contribution in [0, 0.1) is 28.6 Å². The molecule has 0 aromatic rings. The first-order valence-electron chi connectivity index (χ1n) is 12.4. The molecular formula is C25H40O9. The lowest BCUT2D eigenvalue weighted by atomic mass is 9.56. The number of carbonyl (C=O) groups excluding carboxylic acids is 2. The number of aliphatic hydroxyl groups is 5. The number of hydrogen-bond donors (Lipinski definition) is 5. The number of esters is 2. The Morgan fingerprint density at radius 1 is 0.941 bits per heavy atom. The summed E-state index contributed by atoms with van der Waals surface area (Å²) >= 11 is 0. The van der Waals surface area contributed by atoms with Gasteiger partial charge in [-0.2, -0.15) is 0 Å². The van der Waals surface area contributed by atoms with E-state index in [2.05, 4.69) is 0 Å².